The zero-order chi connectivity index (χ0) is 18.8. The van der Waals surface area contributed by atoms with Gasteiger partial charge in [0.15, 0.2) is 5.65 Å². The molecule has 0 radical (unpaired) electrons. The molecule has 3 rings (SSSR count). The minimum absolute atomic E-state index is 0.141. The summed E-state index contributed by atoms with van der Waals surface area (Å²) in [5.74, 6) is -0.473. The number of hydrogen-bond donors (Lipinski definition) is 2. The standard InChI is InChI=1S/C19H21N5O2/c1-11(2)24-17-16(10-21-24)15(8-12(3)22-17)19(26)23-14-7-5-6-13(9-14)18(25)20-4/h5-11H,1-4H3,(H,20,25)(H,23,26). The number of carbonyl (C=O) groups excluding carboxylic acids is 2. The van der Waals surface area contributed by atoms with E-state index in [2.05, 4.69) is 20.7 Å². The first kappa shape index (κ1) is 17.6. The molecule has 7 nitrogen and oxygen atoms in total. The predicted molar refractivity (Wildman–Crippen MR) is 100 cm³/mol. The van der Waals surface area contributed by atoms with Crippen LogP contribution in [0.25, 0.3) is 11.0 Å². The number of benzene rings is 1. The highest BCUT2D eigenvalue weighted by molar-refractivity contribution is 6.12. The van der Waals surface area contributed by atoms with Gasteiger partial charge in [0, 0.05) is 30.0 Å². The van der Waals surface area contributed by atoms with Gasteiger partial charge in [-0.1, -0.05) is 6.07 Å². The maximum Gasteiger partial charge on any atom is 0.256 e. The van der Waals surface area contributed by atoms with E-state index in [9.17, 15) is 9.59 Å². The molecule has 0 aliphatic heterocycles. The summed E-state index contributed by atoms with van der Waals surface area (Å²) in [5, 5.41) is 10.5. The second kappa shape index (κ2) is 6.95. The van der Waals surface area contributed by atoms with E-state index >= 15 is 0 Å². The molecule has 0 saturated heterocycles. The van der Waals surface area contributed by atoms with Crippen LogP contribution in [0.1, 0.15) is 46.3 Å². The molecule has 0 spiro atoms. The quantitative estimate of drug-likeness (QED) is 0.756. The molecule has 0 aliphatic carbocycles. The first-order valence-corrected chi connectivity index (χ1v) is 8.39. The lowest BCUT2D eigenvalue weighted by molar-refractivity contribution is 0.0961. The fraction of sp³-hybridized carbons (Fsp3) is 0.263. The number of pyridine rings is 1. The van der Waals surface area contributed by atoms with Gasteiger partial charge < -0.3 is 10.6 Å². The SMILES string of the molecule is CNC(=O)c1cccc(NC(=O)c2cc(C)nc3c2cnn3C(C)C)c1. The van der Waals surface area contributed by atoms with Gasteiger partial charge >= 0.3 is 0 Å². The predicted octanol–water partition coefficient (Wildman–Crippen LogP) is 2.93. The number of nitrogens with one attached hydrogen (secondary N) is 2. The number of aryl methyl sites for hydroxylation is 1. The fourth-order valence-corrected chi connectivity index (χ4v) is 2.79. The average Bonchev–Trinajstić information content (AvgIpc) is 3.04. The van der Waals surface area contributed by atoms with Gasteiger partial charge in [-0.05, 0) is 45.0 Å². The topological polar surface area (TPSA) is 88.9 Å². The molecule has 134 valence electrons. The van der Waals surface area contributed by atoms with Crippen molar-refractivity contribution in [2.75, 3.05) is 12.4 Å². The zero-order valence-electron chi connectivity index (χ0n) is 15.2. The Balaban J connectivity index is 1.97. The Morgan fingerprint density at radius 3 is 2.62 bits per heavy atom. The number of anilines is 1. The van der Waals surface area contributed by atoms with Gasteiger partial charge in [-0.25, -0.2) is 9.67 Å². The lowest BCUT2D eigenvalue weighted by Crippen LogP contribution is -2.18. The third kappa shape index (κ3) is 3.28. The van der Waals surface area contributed by atoms with Crippen molar-refractivity contribution in [3.63, 3.8) is 0 Å². The van der Waals surface area contributed by atoms with E-state index in [1.807, 2.05) is 20.8 Å². The van der Waals surface area contributed by atoms with Crippen LogP contribution in [0.3, 0.4) is 0 Å². The molecule has 2 heterocycles. The van der Waals surface area contributed by atoms with Crippen molar-refractivity contribution in [1.29, 1.82) is 0 Å². The molecule has 0 fully saturated rings. The minimum Gasteiger partial charge on any atom is -0.355 e. The number of carbonyl (C=O) groups is 2. The van der Waals surface area contributed by atoms with Crippen molar-refractivity contribution in [1.82, 2.24) is 20.1 Å². The van der Waals surface area contributed by atoms with Crippen molar-refractivity contribution in [2.45, 2.75) is 26.8 Å². The molecule has 3 aromatic rings. The van der Waals surface area contributed by atoms with E-state index in [4.69, 9.17) is 0 Å². The molecule has 7 heteroatoms. The van der Waals surface area contributed by atoms with Crippen molar-refractivity contribution in [3.05, 3.63) is 53.3 Å². The third-order valence-corrected chi connectivity index (χ3v) is 4.04. The number of amides is 2. The summed E-state index contributed by atoms with van der Waals surface area (Å²) in [6.45, 7) is 5.88. The third-order valence-electron chi connectivity index (χ3n) is 4.04. The number of fused-ring (bicyclic) bond motifs is 1. The van der Waals surface area contributed by atoms with E-state index in [0.717, 1.165) is 5.69 Å². The average molecular weight is 351 g/mol. The maximum absolute atomic E-state index is 12.8. The Kier molecular flexibility index (Phi) is 4.71. The van der Waals surface area contributed by atoms with Crippen molar-refractivity contribution < 1.29 is 9.59 Å². The molecule has 0 aliphatic rings. The molecule has 0 unspecified atom stereocenters. The lowest BCUT2D eigenvalue weighted by Gasteiger charge is -2.10. The van der Waals surface area contributed by atoms with E-state index in [1.54, 1.807) is 48.3 Å². The summed E-state index contributed by atoms with van der Waals surface area (Å²) in [4.78, 5) is 29.1. The summed E-state index contributed by atoms with van der Waals surface area (Å²) < 4.78 is 1.80. The largest absolute Gasteiger partial charge is 0.355 e. The van der Waals surface area contributed by atoms with Gasteiger partial charge in [0.05, 0.1) is 17.1 Å². The lowest BCUT2D eigenvalue weighted by atomic mass is 10.1. The van der Waals surface area contributed by atoms with Crippen LogP contribution in [0.4, 0.5) is 5.69 Å². The van der Waals surface area contributed by atoms with E-state index in [0.29, 0.717) is 27.8 Å². The Morgan fingerprint density at radius 1 is 1.15 bits per heavy atom. The van der Waals surface area contributed by atoms with Crippen molar-refractivity contribution in [2.24, 2.45) is 0 Å². The van der Waals surface area contributed by atoms with E-state index < -0.39 is 0 Å². The summed E-state index contributed by atoms with van der Waals surface area (Å²) in [7, 11) is 1.57. The fourth-order valence-electron chi connectivity index (χ4n) is 2.79. The molecule has 2 amide bonds. The van der Waals surface area contributed by atoms with E-state index in [-0.39, 0.29) is 17.9 Å². The molecule has 0 saturated carbocycles. The Hall–Kier alpha value is -3.22. The number of rotatable bonds is 4. The van der Waals surface area contributed by atoms with Crippen LogP contribution in [0.15, 0.2) is 36.5 Å². The molecule has 0 atom stereocenters. The first-order chi connectivity index (χ1) is 12.4. The molecular weight excluding hydrogens is 330 g/mol. The molecule has 1 aromatic carbocycles. The van der Waals surface area contributed by atoms with Gasteiger partial charge in [-0.3, -0.25) is 9.59 Å². The molecule has 0 bridgehead atoms. The maximum atomic E-state index is 12.8. The Morgan fingerprint density at radius 2 is 1.92 bits per heavy atom. The van der Waals surface area contributed by atoms with Crippen molar-refractivity contribution >= 4 is 28.5 Å². The number of aromatic nitrogens is 3. The smallest absolute Gasteiger partial charge is 0.256 e. The van der Waals surface area contributed by atoms with Gasteiger partial charge in [0.1, 0.15) is 0 Å². The van der Waals surface area contributed by atoms with Gasteiger partial charge in [-0.15, -0.1) is 0 Å². The Bertz CT molecular complexity index is 991. The monoisotopic (exact) mass is 351 g/mol. The molecule has 26 heavy (non-hydrogen) atoms. The van der Waals surface area contributed by atoms with Crippen LogP contribution in [-0.2, 0) is 0 Å². The number of nitrogens with zero attached hydrogens (tertiary/aromatic N) is 3. The summed E-state index contributed by atoms with van der Waals surface area (Å²) in [5.41, 5.74) is 2.96. The van der Waals surface area contributed by atoms with Crippen LogP contribution < -0.4 is 10.6 Å². The van der Waals surface area contributed by atoms with Gasteiger partial charge in [0.25, 0.3) is 11.8 Å². The van der Waals surface area contributed by atoms with Crippen LogP contribution in [0, 0.1) is 6.92 Å². The highest BCUT2D eigenvalue weighted by atomic mass is 16.2. The molecule has 2 aromatic heterocycles. The van der Waals surface area contributed by atoms with Crippen molar-refractivity contribution in [3.8, 4) is 0 Å². The minimum atomic E-state index is -0.266. The highest BCUT2D eigenvalue weighted by Crippen LogP contribution is 2.22. The molecule has 2 N–H and O–H groups in total. The van der Waals surface area contributed by atoms with Gasteiger partial charge in [-0.2, -0.15) is 5.10 Å². The zero-order valence-corrected chi connectivity index (χ0v) is 15.2. The Labute approximate surface area is 151 Å². The summed E-state index contributed by atoms with van der Waals surface area (Å²) in [6, 6.07) is 8.68. The van der Waals surface area contributed by atoms with Crippen LogP contribution >= 0.6 is 0 Å². The summed E-state index contributed by atoms with van der Waals surface area (Å²) in [6.07, 6.45) is 1.66. The summed E-state index contributed by atoms with van der Waals surface area (Å²) >= 11 is 0. The first-order valence-electron chi connectivity index (χ1n) is 8.39. The molecular formula is C19H21N5O2. The highest BCUT2D eigenvalue weighted by Gasteiger charge is 2.17. The number of hydrogen-bond acceptors (Lipinski definition) is 4. The van der Waals surface area contributed by atoms with Crippen LogP contribution in [-0.4, -0.2) is 33.6 Å². The normalized spacial score (nSPS) is 11.0. The second-order valence-corrected chi connectivity index (χ2v) is 6.35. The second-order valence-electron chi connectivity index (χ2n) is 6.35. The van der Waals surface area contributed by atoms with Crippen LogP contribution in [0.5, 0.6) is 0 Å². The van der Waals surface area contributed by atoms with E-state index in [1.165, 1.54) is 0 Å². The van der Waals surface area contributed by atoms with Crippen LogP contribution in [0.2, 0.25) is 0 Å². The van der Waals surface area contributed by atoms with Gasteiger partial charge in [0.2, 0.25) is 0 Å².